The second-order valence-corrected chi connectivity index (χ2v) is 27.3. The number of carbonyl (C=O) groups is 9. The number of carbonyl (C=O) groups excluding carboxylic acids is 9. The number of urea groups is 1. The maximum atomic E-state index is 13.6. The van der Waals surface area contributed by atoms with E-state index in [0.717, 1.165) is 0 Å². The number of hydrogen-bond acceptors (Lipinski definition) is 20. The van der Waals surface area contributed by atoms with Crippen molar-refractivity contribution in [3.63, 3.8) is 0 Å². The van der Waals surface area contributed by atoms with Crippen molar-refractivity contribution in [2.24, 2.45) is 5.73 Å². The molecule has 0 aliphatic carbocycles. The number of nitrogens with one attached hydrogen (secondary N) is 3. The van der Waals surface area contributed by atoms with E-state index in [9.17, 15) is 43.2 Å². The number of ether oxygens (including phenoxy) is 6. The minimum Gasteiger partial charge on any atom is -0.460 e. The lowest BCUT2D eigenvalue weighted by Gasteiger charge is -2.34. The van der Waals surface area contributed by atoms with Gasteiger partial charge in [-0.3, -0.25) is 48.4 Å². The van der Waals surface area contributed by atoms with Crippen molar-refractivity contribution in [2.45, 2.75) is 241 Å². The van der Waals surface area contributed by atoms with Crippen LogP contribution >= 0.6 is 0 Å². The summed E-state index contributed by atoms with van der Waals surface area (Å²) in [5, 5.41) is 8.02. The van der Waals surface area contributed by atoms with Gasteiger partial charge in [-0.15, -0.1) is 0 Å². The number of unbranched alkanes of at least 4 members (excludes halogenated alkanes) is 3. The molecule has 1 rings (SSSR count). The van der Waals surface area contributed by atoms with Crippen molar-refractivity contribution in [1.82, 2.24) is 35.6 Å². The Kier molecular flexibility index (Phi) is 31.8. The van der Waals surface area contributed by atoms with E-state index in [1.807, 2.05) is 81.9 Å². The van der Waals surface area contributed by atoms with Gasteiger partial charge in [0.15, 0.2) is 0 Å². The van der Waals surface area contributed by atoms with E-state index in [2.05, 4.69) is 16.0 Å². The van der Waals surface area contributed by atoms with Crippen LogP contribution in [0.15, 0.2) is 0 Å². The van der Waals surface area contributed by atoms with E-state index in [4.69, 9.17) is 34.2 Å². The van der Waals surface area contributed by atoms with Crippen LogP contribution < -0.4 is 21.7 Å². The van der Waals surface area contributed by atoms with Crippen LogP contribution in [0.25, 0.3) is 0 Å². The predicted molar refractivity (Wildman–Crippen MR) is 312 cm³/mol. The summed E-state index contributed by atoms with van der Waals surface area (Å²) in [6.45, 7) is 35.5. The molecule has 0 spiro atoms. The Hall–Kier alpha value is -4.97. The molecule has 3 atom stereocenters. The van der Waals surface area contributed by atoms with Crippen LogP contribution in [0.5, 0.6) is 0 Å². The van der Waals surface area contributed by atoms with Crippen LogP contribution in [0.4, 0.5) is 4.79 Å². The van der Waals surface area contributed by atoms with Crippen LogP contribution in [0.1, 0.15) is 189 Å². The van der Waals surface area contributed by atoms with E-state index in [0.29, 0.717) is 97.3 Å². The molecule has 0 unspecified atom stereocenters. The Morgan fingerprint density at radius 3 is 1.09 bits per heavy atom. The second-order valence-electron chi connectivity index (χ2n) is 27.3. The topological polar surface area (TPSA) is 284 Å². The molecule has 23 nitrogen and oxygen atoms in total. The summed E-state index contributed by atoms with van der Waals surface area (Å²) in [4.78, 5) is 126. The maximum Gasteiger partial charge on any atom is 0.329 e. The van der Waals surface area contributed by atoms with Gasteiger partial charge in [0.2, 0.25) is 5.91 Å². The molecule has 1 heterocycles. The third-order valence-corrected chi connectivity index (χ3v) is 11.7. The SMILES string of the molecule is CC(C)(C)OC(=O)CC[C@H](NC(=O)N[C@@H](CCCCNC(=O)[C@@H](N)CCCCCC(=O)CN1CCN(CC(=O)OC(C)(C)C)CCN(CC(=O)OC(C)(C)C)CCN(CC(=O)OC(C)(C)C)CC1)C(=O)OC(C)(C)C)C(=O)OC(C)(C)C. The smallest absolute Gasteiger partial charge is 0.329 e. The van der Waals surface area contributed by atoms with Crippen LogP contribution in [0.3, 0.4) is 0 Å². The van der Waals surface area contributed by atoms with Gasteiger partial charge >= 0.3 is 41.8 Å². The lowest BCUT2D eigenvalue weighted by atomic mass is 10.1. The summed E-state index contributed by atoms with van der Waals surface area (Å²) in [5.74, 6) is -3.47. The van der Waals surface area contributed by atoms with Crippen molar-refractivity contribution in [3.05, 3.63) is 0 Å². The van der Waals surface area contributed by atoms with Crippen LogP contribution in [0.2, 0.25) is 0 Å². The standard InChI is InChI=1S/C59H108N8O15/c1-54(2,3)77-46(69)28-27-45(52(75)82-59(16,17)18)63-53(76)62-44(51(74)81-58(13,14)15)26-22-23-29-61-50(73)43(60)25-21-19-20-24-42(68)38-64-30-32-65(39-47(70)78-55(4,5)6)34-36-67(41-49(72)80-57(10,11)12)37-35-66(33-31-64)40-48(71)79-56(7,8)9/h43-45H,19-41,60H2,1-18H3,(H,61,73)(H2,62,63,76)/t43-,44-,45-/m0/s1. The molecular formula is C59H108N8O15. The van der Waals surface area contributed by atoms with Crippen molar-refractivity contribution in [2.75, 3.05) is 85.1 Å². The Balaban J connectivity index is 2.92. The fraction of sp³-hybridized carbons (Fsp3) is 0.847. The third kappa shape index (κ3) is 39.5. The molecule has 23 heteroatoms. The van der Waals surface area contributed by atoms with Gasteiger partial charge < -0.3 is 50.1 Å². The Morgan fingerprint density at radius 2 is 0.720 bits per heavy atom. The highest BCUT2D eigenvalue weighted by Gasteiger charge is 2.32. The van der Waals surface area contributed by atoms with Gasteiger partial charge in [-0.1, -0.05) is 12.8 Å². The quantitative estimate of drug-likeness (QED) is 0.0467. The number of rotatable bonds is 27. The summed E-state index contributed by atoms with van der Waals surface area (Å²) in [6, 6.07) is -3.97. The first-order chi connectivity index (χ1) is 37.5. The van der Waals surface area contributed by atoms with Crippen LogP contribution in [0, 0.1) is 0 Å². The first-order valence-corrected chi connectivity index (χ1v) is 29.3. The highest BCUT2D eigenvalue weighted by molar-refractivity contribution is 5.88. The fourth-order valence-electron chi connectivity index (χ4n) is 8.28. The number of nitrogens with two attached hydrogens (primary N) is 1. The van der Waals surface area contributed by atoms with Gasteiger partial charge in [0.25, 0.3) is 0 Å². The first kappa shape index (κ1) is 75.0. The average Bonchev–Trinajstić information content (AvgIpc) is 3.26. The predicted octanol–water partition coefficient (Wildman–Crippen LogP) is 5.21. The molecular weight excluding hydrogens is 1060 g/mol. The number of amides is 3. The third-order valence-electron chi connectivity index (χ3n) is 11.7. The normalized spacial score (nSPS) is 16.4. The molecule has 0 saturated carbocycles. The largest absolute Gasteiger partial charge is 0.460 e. The average molecular weight is 1170 g/mol. The molecule has 82 heavy (non-hydrogen) atoms. The van der Waals surface area contributed by atoms with Gasteiger partial charge in [-0.05, 0) is 163 Å². The molecule has 0 aromatic heterocycles. The minimum atomic E-state index is -1.23. The summed E-state index contributed by atoms with van der Waals surface area (Å²) in [5.41, 5.74) is 1.74. The van der Waals surface area contributed by atoms with Crippen molar-refractivity contribution < 1.29 is 71.6 Å². The number of hydrogen-bond donors (Lipinski definition) is 4. The van der Waals surface area contributed by atoms with E-state index < -0.39 is 75.7 Å². The summed E-state index contributed by atoms with van der Waals surface area (Å²) >= 11 is 0. The molecule has 1 saturated heterocycles. The van der Waals surface area contributed by atoms with Gasteiger partial charge in [0.1, 0.15) is 51.5 Å². The van der Waals surface area contributed by atoms with E-state index in [1.54, 1.807) is 62.3 Å². The van der Waals surface area contributed by atoms with E-state index in [-0.39, 0.29) is 81.6 Å². The number of esters is 6. The Morgan fingerprint density at radius 1 is 0.390 bits per heavy atom. The zero-order valence-corrected chi connectivity index (χ0v) is 53.5. The van der Waals surface area contributed by atoms with Gasteiger partial charge in [0, 0.05) is 71.7 Å². The monoisotopic (exact) mass is 1170 g/mol. The second kappa shape index (κ2) is 34.7. The lowest BCUT2D eigenvalue weighted by molar-refractivity contribution is -0.159. The zero-order valence-electron chi connectivity index (χ0n) is 53.5. The number of nitrogens with zero attached hydrogens (tertiary/aromatic N) is 4. The van der Waals surface area contributed by atoms with E-state index in [1.165, 1.54) is 0 Å². The highest BCUT2D eigenvalue weighted by atomic mass is 16.6. The Bertz CT molecular complexity index is 2000. The van der Waals surface area contributed by atoms with Crippen LogP contribution in [-0.4, -0.2) is 210 Å². The van der Waals surface area contributed by atoms with Gasteiger partial charge in [-0.25, -0.2) is 14.4 Å². The van der Waals surface area contributed by atoms with Crippen molar-refractivity contribution in [3.8, 4) is 0 Å². The highest BCUT2D eigenvalue weighted by Crippen LogP contribution is 2.17. The van der Waals surface area contributed by atoms with E-state index >= 15 is 0 Å². The maximum absolute atomic E-state index is 13.6. The molecule has 474 valence electrons. The molecule has 1 fully saturated rings. The zero-order chi connectivity index (χ0) is 62.9. The molecule has 0 aromatic carbocycles. The summed E-state index contributed by atoms with van der Waals surface area (Å²) in [6.07, 6.45) is 3.24. The fourth-order valence-corrected chi connectivity index (χ4v) is 8.28. The van der Waals surface area contributed by atoms with Gasteiger partial charge in [0.05, 0.1) is 32.2 Å². The van der Waals surface area contributed by atoms with Crippen molar-refractivity contribution >= 4 is 53.5 Å². The van der Waals surface area contributed by atoms with Gasteiger partial charge in [-0.2, -0.15) is 0 Å². The number of ketones is 1. The minimum absolute atomic E-state index is 0.0174. The molecule has 1 aliphatic heterocycles. The molecule has 3 amide bonds. The molecule has 5 N–H and O–H groups in total. The van der Waals surface area contributed by atoms with Crippen molar-refractivity contribution in [1.29, 1.82) is 0 Å². The Labute approximate surface area is 490 Å². The molecule has 0 aromatic rings. The number of Topliss-reactive ketones (excluding diaryl/α,β-unsaturated/α-hetero) is 1. The summed E-state index contributed by atoms with van der Waals surface area (Å²) < 4.78 is 33.4. The lowest BCUT2D eigenvalue weighted by Crippen LogP contribution is -2.53. The molecule has 0 radical (unpaired) electrons. The first-order valence-electron chi connectivity index (χ1n) is 29.3. The molecule has 0 bridgehead atoms. The summed E-state index contributed by atoms with van der Waals surface area (Å²) in [7, 11) is 0. The van der Waals surface area contributed by atoms with Crippen LogP contribution in [-0.2, 0) is 66.8 Å². The molecule has 1 aliphatic rings.